The average Bonchev–Trinajstić information content (AvgIpc) is 2.74. The predicted molar refractivity (Wildman–Crippen MR) is 68.3 cm³/mol. The number of rotatable bonds is 2. The van der Waals surface area contributed by atoms with Crippen molar-refractivity contribution in [1.82, 2.24) is 4.98 Å². The summed E-state index contributed by atoms with van der Waals surface area (Å²) in [4.78, 5) is 4.59. The molecule has 1 fully saturated rings. The number of benzene rings is 1. The Bertz CT molecular complexity index is 478. The van der Waals surface area contributed by atoms with Crippen molar-refractivity contribution in [2.75, 3.05) is 13.2 Å². The topological polar surface area (TPSA) is 42.4 Å². The first-order chi connectivity index (χ1) is 8.33. The molecular formula is C13H15NO2S. The Morgan fingerprint density at radius 2 is 2.29 bits per heavy atom. The van der Waals surface area contributed by atoms with Gasteiger partial charge in [0.1, 0.15) is 0 Å². The molecule has 1 aliphatic rings. The first-order valence-electron chi connectivity index (χ1n) is 5.93. The second kappa shape index (κ2) is 4.72. The zero-order chi connectivity index (χ0) is 11.7. The van der Waals surface area contributed by atoms with Crippen molar-refractivity contribution in [3.05, 3.63) is 29.3 Å². The maximum atomic E-state index is 9.90. The fourth-order valence-electron chi connectivity index (χ4n) is 2.21. The van der Waals surface area contributed by atoms with E-state index in [-0.39, 0.29) is 12.0 Å². The number of aliphatic hydroxyl groups is 1. The first kappa shape index (κ1) is 11.1. The van der Waals surface area contributed by atoms with E-state index in [0.717, 1.165) is 23.4 Å². The second-order valence-electron chi connectivity index (χ2n) is 4.47. The van der Waals surface area contributed by atoms with Crippen LogP contribution in [0.5, 0.6) is 0 Å². The highest BCUT2D eigenvalue weighted by Crippen LogP contribution is 2.26. The number of aliphatic hydroxyl groups excluding tert-OH is 1. The summed E-state index contributed by atoms with van der Waals surface area (Å²) in [6, 6.07) is 8.15. The van der Waals surface area contributed by atoms with Crippen molar-refractivity contribution in [3.63, 3.8) is 0 Å². The van der Waals surface area contributed by atoms with Crippen LogP contribution >= 0.6 is 11.3 Å². The minimum Gasteiger partial charge on any atom is -0.393 e. The summed E-state index contributed by atoms with van der Waals surface area (Å²) in [5, 5.41) is 11.0. The summed E-state index contributed by atoms with van der Waals surface area (Å²) in [5.74, 6) is 0.198. The Labute approximate surface area is 104 Å². The molecule has 0 amide bonds. The number of fused-ring (bicyclic) bond motifs is 1. The Morgan fingerprint density at radius 3 is 3.12 bits per heavy atom. The second-order valence-corrected chi connectivity index (χ2v) is 5.59. The third kappa shape index (κ3) is 2.34. The normalized spacial score (nSPS) is 25.2. The summed E-state index contributed by atoms with van der Waals surface area (Å²) in [5.41, 5.74) is 1.05. The van der Waals surface area contributed by atoms with E-state index < -0.39 is 0 Å². The van der Waals surface area contributed by atoms with Gasteiger partial charge in [0.2, 0.25) is 0 Å². The third-order valence-electron chi connectivity index (χ3n) is 3.21. The number of para-hydroxylation sites is 1. The van der Waals surface area contributed by atoms with Gasteiger partial charge in [-0.25, -0.2) is 4.98 Å². The van der Waals surface area contributed by atoms with E-state index in [1.807, 2.05) is 18.2 Å². The quantitative estimate of drug-likeness (QED) is 0.887. The monoisotopic (exact) mass is 249 g/mol. The van der Waals surface area contributed by atoms with Crippen LogP contribution in [0.15, 0.2) is 24.3 Å². The maximum absolute atomic E-state index is 9.90. The van der Waals surface area contributed by atoms with Gasteiger partial charge in [-0.05, 0) is 18.6 Å². The van der Waals surface area contributed by atoms with Crippen molar-refractivity contribution >= 4 is 21.6 Å². The van der Waals surface area contributed by atoms with E-state index in [4.69, 9.17) is 4.74 Å². The van der Waals surface area contributed by atoms with E-state index in [1.165, 1.54) is 4.70 Å². The van der Waals surface area contributed by atoms with Gasteiger partial charge in [0, 0.05) is 18.9 Å². The largest absolute Gasteiger partial charge is 0.393 e. The third-order valence-corrected chi connectivity index (χ3v) is 4.27. The molecule has 1 aliphatic heterocycles. The minimum absolute atomic E-state index is 0.198. The van der Waals surface area contributed by atoms with Crippen molar-refractivity contribution in [2.24, 2.45) is 5.92 Å². The van der Waals surface area contributed by atoms with Crippen molar-refractivity contribution < 1.29 is 9.84 Å². The van der Waals surface area contributed by atoms with Crippen LogP contribution in [-0.2, 0) is 11.2 Å². The smallest absolute Gasteiger partial charge is 0.0943 e. The number of hydrogen-bond donors (Lipinski definition) is 1. The van der Waals surface area contributed by atoms with Crippen LogP contribution in [0, 0.1) is 5.92 Å². The van der Waals surface area contributed by atoms with Gasteiger partial charge < -0.3 is 9.84 Å². The molecule has 2 heterocycles. The molecule has 0 radical (unpaired) electrons. The van der Waals surface area contributed by atoms with Gasteiger partial charge in [-0.15, -0.1) is 11.3 Å². The first-order valence-corrected chi connectivity index (χ1v) is 6.75. The molecule has 4 heteroatoms. The molecule has 1 aromatic heterocycles. The fraction of sp³-hybridized carbons (Fsp3) is 0.462. The Kier molecular flexibility index (Phi) is 3.09. The van der Waals surface area contributed by atoms with Crippen LogP contribution in [-0.4, -0.2) is 29.4 Å². The number of nitrogens with zero attached hydrogens (tertiary/aromatic N) is 1. The summed E-state index contributed by atoms with van der Waals surface area (Å²) in [6.45, 7) is 1.33. The number of hydrogen-bond acceptors (Lipinski definition) is 4. The number of ether oxygens (including phenoxy) is 1. The highest BCUT2D eigenvalue weighted by atomic mass is 32.1. The van der Waals surface area contributed by atoms with Crippen molar-refractivity contribution in [3.8, 4) is 0 Å². The zero-order valence-corrected chi connectivity index (χ0v) is 10.3. The van der Waals surface area contributed by atoms with Gasteiger partial charge in [-0.2, -0.15) is 0 Å². The van der Waals surface area contributed by atoms with E-state index in [2.05, 4.69) is 11.1 Å². The molecule has 17 heavy (non-hydrogen) atoms. The molecule has 1 saturated heterocycles. The van der Waals surface area contributed by atoms with Gasteiger partial charge in [-0.1, -0.05) is 12.1 Å². The SMILES string of the molecule is OC1CCOCC1Cc1nc2ccccc2s1. The Morgan fingerprint density at radius 1 is 1.41 bits per heavy atom. The molecule has 90 valence electrons. The predicted octanol–water partition coefficient (Wildman–Crippen LogP) is 2.24. The molecule has 0 spiro atoms. The lowest BCUT2D eigenvalue weighted by atomic mass is 9.96. The zero-order valence-electron chi connectivity index (χ0n) is 9.50. The number of thiazole rings is 1. The van der Waals surface area contributed by atoms with E-state index in [0.29, 0.717) is 13.2 Å². The van der Waals surface area contributed by atoms with Crippen LogP contribution in [0.25, 0.3) is 10.2 Å². The molecule has 0 bridgehead atoms. The molecule has 3 rings (SSSR count). The highest BCUT2D eigenvalue weighted by Gasteiger charge is 2.24. The molecular weight excluding hydrogens is 234 g/mol. The maximum Gasteiger partial charge on any atom is 0.0943 e. The molecule has 2 aromatic rings. The summed E-state index contributed by atoms with van der Waals surface area (Å²) in [6.07, 6.45) is 1.33. The lowest BCUT2D eigenvalue weighted by Gasteiger charge is -2.26. The van der Waals surface area contributed by atoms with Gasteiger partial charge in [-0.3, -0.25) is 0 Å². The Hall–Kier alpha value is -0.970. The standard InChI is InChI=1S/C13H15NO2S/c15-11-5-6-16-8-9(11)7-13-14-10-3-1-2-4-12(10)17-13/h1-4,9,11,15H,5-8H2. The van der Waals surface area contributed by atoms with E-state index in [9.17, 15) is 5.11 Å². The fourth-order valence-corrected chi connectivity index (χ4v) is 3.27. The van der Waals surface area contributed by atoms with E-state index >= 15 is 0 Å². The van der Waals surface area contributed by atoms with Crippen LogP contribution in [0.1, 0.15) is 11.4 Å². The van der Waals surface area contributed by atoms with Crippen LogP contribution in [0.3, 0.4) is 0 Å². The molecule has 3 nitrogen and oxygen atoms in total. The lowest BCUT2D eigenvalue weighted by molar-refractivity contribution is -0.0350. The summed E-state index contributed by atoms with van der Waals surface area (Å²) in [7, 11) is 0. The average molecular weight is 249 g/mol. The molecule has 2 unspecified atom stereocenters. The lowest BCUT2D eigenvalue weighted by Crippen LogP contribution is -2.33. The van der Waals surface area contributed by atoms with Gasteiger partial charge in [0.05, 0.1) is 27.9 Å². The van der Waals surface area contributed by atoms with Crippen LogP contribution < -0.4 is 0 Å². The van der Waals surface area contributed by atoms with Crippen LogP contribution in [0.2, 0.25) is 0 Å². The van der Waals surface area contributed by atoms with Crippen LogP contribution in [0.4, 0.5) is 0 Å². The van der Waals surface area contributed by atoms with Crippen molar-refractivity contribution in [1.29, 1.82) is 0 Å². The summed E-state index contributed by atoms with van der Waals surface area (Å²) >= 11 is 1.72. The van der Waals surface area contributed by atoms with Gasteiger partial charge in [0.15, 0.2) is 0 Å². The minimum atomic E-state index is -0.240. The van der Waals surface area contributed by atoms with Gasteiger partial charge >= 0.3 is 0 Å². The van der Waals surface area contributed by atoms with Gasteiger partial charge in [0.25, 0.3) is 0 Å². The molecule has 1 aromatic carbocycles. The Balaban J connectivity index is 1.79. The number of aromatic nitrogens is 1. The molecule has 0 saturated carbocycles. The van der Waals surface area contributed by atoms with E-state index in [1.54, 1.807) is 11.3 Å². The molecule has 0 aliphatic carbocycles. The molecule has 2 atom stereocenters. The van der Waals surface area contributed by atoms with Crippen molar-refractivity contribution in [2.45, 2.75) is 18.9 Å². The molecule has 1 N–H and O–H groups in total. The summed E-state index contributed by atoms with van der Waals surface area (Å²) < 4.78 is 6.63. The highest BCUT2D eigenvalue weighted by molar-refractivity contribution is 7.18.